The van der Waals surface area contributed by atoms with Gasteiger partial charge in [0.1, 0.15) is 36.5 Å². The molecule has 0 radical (unpaired) electrons. The molecule has 0 unspecified atom stereocenters. The third-order valence-electron chi connectivity index (χ3n) is 11.8. The minimum absolute atomic E-state index is 0.00713. The van der Waals surface area contributed by atoms with Gasteiger partial charge < -0.3 is 41.6 Å². The lowest BCUT2D eigenvalue weighted by Gasteiger charge is -2.32. The molecule has 4 atom stereocenters. The van der Waals surface area contributed by atoms with Gasteiger partial charge in [0.15, 0.2) is 17.3 Å². The van der Waals surface area contributed by atoms with Gasteiger partial charge in [-0.05, 0) is 110 Å². The molecule has 0 fully saturated rings. The summed E-state index contributed by atoms with van der Waals surface area (Å²) in [6, 6.07) is 19.8. The van der Waals surface area contributed by atoms with Gasteiger partial charge in [0.2, 0.25) is 11.8 Å². The fraction of sp³-hybridized carbons (Fsp3) is 0.453. The van der Waals surface area contributed by atoms with E-state index in [1.807, 2.05) is 49.4 Å². The van der Waals surface area contributed by atoms with Gasteiger partial charge in [-0.1, -0.05) is 39.8 Å². The number of carbonyl (C=O) groups is 5. The molecule has 2 heterocycles. The molecule has 15 heteroatoms. The number of nitrogens with zero attached hydrogens (tertiary/aromatic N) is 3. The van der Waals surface area contributed by atoms with Crippen molar-refractivity contribution in [2.45, 2.75) is 92.2 Å². The van der Waals surface area contributed by atoms with Crippen molar-refractivity contribution in [1.82, 2.24) is 15.2 Å². The van der Waals surface area contributed by atoms with Crippen LogP contribution in [0.4, 0.5) is 0 Å². The van der Waals surface area contributed by atoms with Crippen molar-refractivity contribution >= 4 is 29.2 Å². The van der Waals surface area contributed by atoms with Gasteiger partial charge in [-0.2, -0.15) is 5.26 Å². The molecule has 7 N–H and O–H groups in total. The predicted molar refractivity (Wildman–Crippen MR) is 261 cm³/mol. The van der Waals surface area contributed by atoms with Crippen LogP contribution in [0.1, 0.15) is 98.6 Å². The average molecular weight is 930 g/mol. The SMILES string of the molecule is Cc1cc(-c2ccc(OCC(C)(C)C)cc2)nc(C)c1C(=O)C[C@@H](CCN)C(=O)N(C)[C@@H]1C(=O)C[C@@H](C)C(=O)N[C@H](C(=O)CCC#N)Cc2ccc(OCCN)c(c2)-c2cc1ccc2OCCN. The number of fused-ring (bicyclic) bond motifs is 5. The number of ether oxygens (including phenoxy) is 3. The zero-order valence-corrected chi connectivity index (χ0v) is 40.5. The molecule has 1 aliphatic heterocycles. The summed E-state index contributed by atoms with van der Waals surface area (Å²) in [5.74, 6) is -2.34. The number of nitriles is 1. The topological polar surface area (TPSA) is 243 Å². The number of carbonyl (C=O) groups excluding carboxylic acids is 5. The van der Waals surface area contributed by atoms with E-state index in [-0.39, 0.29) is 88.4 Å². The monoisotopic (exact) mass is 930 g/mol. The molecule has 0 saturated heterocycles. The summed E-state index contributed by atoms with van der Waals surface area (Å²) in [7, 11) is 1.51. The van der Waals surface area contributed by atoms with Gasteiger partial charge in [0.25, 0.3) is 0 Å². The van der Waals surface area contributed by atoms with Gasteiger partial charge in [-0.3, -0.25) is 29.0 Å². The lowest BCUT2D eigenvalue weighted by atomic mass is 9.87. The van der Waals surface area contributed by atoms with Crippen molar-refractivity contribution in [2.24, 2.45) is 34.5 Å². The van der Waals surface area contributed by atoms with Crippen LogP contribution in [-0.2, 0) is 25.6 Å². The maximum absolute atomic E-state index is 14.9. The second-order valence-corrected chi connectivity index (χ2v) is 18.7. The number of hydrogen-bond donors (Lipinski definition) is 4. The Morgan fingerprint density at radius 1 is 0.882 bits per heavy atom. The summed E-state index contributed by atoms with van der Waals surface area (Å²) in [6.07, 6.45) is -0.362. The Balaban J connectivity index is 1.54. The second kappa shape index (κ2) is 24.0. The van der Waals surface area contributed by atoms with Gasteiger partial charge in [-0.15, -0.1) is 0 Å². The molecule has 15 nitrogen and oxygen atoms in total. The number of rotatable bonds is 19. The van der Waals surface area contributed by atoms with E-state index in [4.69, 9.17) is 36.4 Å². The van der Waals surface area contributed by atoms with Crippen LogP contribution in [0.3, 0.4) is 0 Å². The molecular formula is C53H67N7O8. The van der Waals surface area contributed by atoms with Crippen LogP contribution in [0.15, 0.2) is 66.7 Å². The van der Waals surface area contributed by atoms with Gasteiger partial charge in [0.05, 0.1) is 24.4 Å². The Morgan fingerprint density at radius 2 is 1.53 bits per heavy atom. The van der Waals surface area contributed by atoms with Crippen LogP contribution in [-0.4, -0.2) is 91.6 Å². The Kier molecular flexibility index (Phi) is 18.5. The number of hydrogen-bond acceptors (Lipinski definition) is 13. The number of pyridine rings is 1. The van der Waals surface area contributed by atoms with E-state index in [1.165, 1.54) is 11.9 Å². The largest absolute Gasteiger partial charge is 0.493 e. The minimum Gasteiger partial charge on any atom is -0.493 e. The number of amides is 2. The molecule has 362 valence electrons. The fourth-order valence-corrected chi connectivity index (χ4v) is 8.39. The molecule has 0 spiro atoms. The minimum atomic E-state index is -1.24. The second-order valence-electron chi connectivity index (χ2n) is 18.7. The van der Waals surface area contributed by atoms with E-state index >= 15 is 0 Å². The van der Waals surface area contributed by atoms with Crippen LogP contribution >= 0.6 is 0 Å². The lowest BCUT2D eigenvalue weighted by molar-refractivity contribution is -0.142. The van der Waals surface area contributed by atoms with Crippen LogP contribution in [0.5, 0.6) is 17.2 Å². The number of likely N-dealkylation sites (N-methyl/N-ethyl adjacent to an activating group) is 1. The molecular weight excluding hydrogens is 863 g/mol. The van der Waals surface area contributed by atoms with Crippen molar-refractivity contribution < 1.29 is 38.2 Å². The van der Waals surface area contributed by atoms with Crippen LogP contribution in [0.25, 0.3) is 22.4 Å². The van der Waals surface area contributed by atoms with E-state index in [0.29, 0.717) is 62.9 Å². The molecule has 5 rings (SSSR count). The third kappa shape index (κ3) is 13.6. The molecule has 0 aliphatic carbocycles. The van der Waals surface area contributed by atoms with Gasteiger partial charge >= 0.3 is 0 Å². The Labute approximate surface area is 400 Å². The molecule has 0 saturated carbocycles. The van der Waals surface area contributed by atoms with E-state index in [1.54, 1.807) is 44.2 Å². The number of nitrogens with one attached hydrogen (secondary N) is 1. The first kappa shape index (κ1) is 52.5. The molecule has 4 aromatic rings. The Hall–Kier alpha value is -6.47. The zero-order chi connectivity index (χ0) is 49.7. The number of Topliss-reactive ketones (excluding diaryl/α,β-unsaturated/α-hetero) is 3. The van der Waals surface area contributed by atoms with Crippen molar-refractivity contribution in [3.8, 4) is 45.7 Å². The highest BCUT2D eigenvalue weighted by Crippen LogP contribution is 2.41. The van der Waals surface area contributed by atoms with Crippen molar-refractivity contribution in [3.05, 3.63) is 94.7 Å². The van der Waals surface area contributed by atoms with Crippen LogP contribution in [0, 0.1) is 42.4 Å². The summed E-state index contributed by atoms with van der Waals surface area (Å²) in [6.45, 7) is 12.9. The number of benzene rings is 3. The maximum Gasteiger partial charge on any atom is 0.226 e. The predicted octanol–water partition coefficient (Wildman–Crippen LogP) is 6.38. The molecule has 1 aromatic heterocycles. The summed E-state index contributed by atoms with van der Waals surface area (Å²) in [5.41, 5.74) is 23.2. The summed E-state index contributed by atoms with van der Waals surface area (Å²) in [5, 5.41) is 12.1. The first-order valence-corrected chi connectivity index (χ1v) is 23.3. The summed E-state index contributed by atoms with van der Waals surface area (Å²) in [4.78, 5) is 77.4. The maximum atomic E-state index is 14.9. The molecule has 2 amide bonds. The first-order valence-electron chi connectivity index (χ1n) is 23.3. The van der Waals surface area contributed by atoms with E-state index in [0.717, 1.165) is 11.3 Å². The lowest BCUT2D eigenvalue weighted by Crippen LogP contribution is -2.46. The van der Waals surface area contributed by atoms with E-state index < -0.39 is 41.5 Å². The molecule has 3 aromatic carbocycles. The average Bonchev–Trinajstić information content (AvgIpc) is 3.30. The normalized spacial score (nSPS) is 16.7. The number of aromatic nitrogens is 1. The van der Waals surface area contributed by atoms with Gasteiger partial charge in [0, 0.05) is 85.6 Å². The van der Waals surface area contributed by atoms with Crippen molar-refractivity contribution in [3.63, 3.8) is 0 Å². The van der Waals surface area contributed by atoms with Crippen LogP contribution < -0.4 is 36.7 Å². The number of aryl methyl sites for hydroxylation is 2. The molecule has 4 bridgehead atoms. The molecule has 68 heavy (non-hydrogen) atoms. The Bertz CT molecular complexity index is 2470. The highest BCUT2D eigenvalue weighted by Gasteiger charge is 2.36. The standard InChI is InChI=1S/C53H67N7O8/c1-32-25-42(36-11-14-39(15-12-36)68-31-53(4,5)6)58-34(3)49(32)45(62)30-38(18-20-55)52(65)60(7)50-37-13-17-48(67-24-22-57)41(29-37)40-27-35(10-16-47(40)66-23-21-56)28-43(44(61)9-8-19-54)59-51(64)33(2)26-46(50)63/h10-17,25,27,29,33,38,43,50H,8-9,18,20-24,26,28,30-31,55-57H2,1-7H3,(H,59,64)/t33-,38-,43+,50+/m1/s1. The smallest absolute Gasteiger partial charge is 0.226 e. The van der Waals surface area contributed by atoms with Crippen molar-refractivity contribution in [1.29, 1.82) is 5.26 Å². The highest BCUT2D eigenvalue weighted by atomic mass is 16.5. The van der Waals surface area contributed by atoms with E-state index in [2.05, 4.69) is 26.1 Å². The summed E-state index contributed by atoms with van der Waals surface area (Å²) >= 11 is 0. The van der Waals surface area contributed by atoms with Gasteiger partial charge in [-0.25, -0.2) is 0 Å². The number of nitrogens with two attached hydrogens (primary N) is 3. The van der Waals surface area contributed by atoms with E-state index in [9.17, 15) is 29.2 Å². The fourth-order valence-electron chi connectivity index (χ4n) is 8.39. The van der Waals surface area contributed by atoms with Crippen LogP contribution in [0.2, 0.25) is 0 Å². The van der Waals surface area contributed by atoms with Crippen molar-refractivity contribution in [2.75, 3.05) is 46.5 Å². The number of ketones is 3. The third-order valence-corrected chi connectivity index (χ3v) is 11.8. The quantitative estimate of drug-likeness (QED) is 0.0748. The zero-order valence-electron chi connectivity index (χ0n) is 40.5. The summed E-state index contributed by atoms with van der Waals surface area (Å²) < 4.78 is 18.2. The molecule has 1 aliphatic rings. The Morgan fingerprint density at radius 3 is 2.13 bits per heavy atom. The highest BCUT2D eigenvalue weighted by molar-refractivity contribution is 6.02. The first-order chi connectivity index (χ1) is 32.4.